The lowest BCUT2D eigenvalue weighted by Crippen LogP contribution is -2.48. The van der Waals surface area contributed by atoms with Gasteiger partial charge in [0.05, 0.1) is 18.8 Å². The van der Waals surface area contributed by atoms with Gasteiger partial charge in [0.25, 0.3) is 0 Å². The molecular formula is C13H20BrNO4S. The summed E-state index contributed by atoms with van der Waals surface area (Å²) in [5.41, 5.74) is -0.898. The quantitative estimate of drug-likeness (QED) is 0.777. The predicted octanol–water partition coefficient (Wildman–Crippen LogP) is 2.29. The Morgan fingerprint density at radius 2 is 2.05 bits per heavy atom. The van der Waals surface area contributed by atoms with Crippen molar-refractivity contribution in [2.45, 2.75) is 37.6 Å². The van der Waals surface area contributed by atoms with E-state index in [0.29, 0.717) is 23.2 Å². The first-order valence-electron chi connectivity index (χ1n) is 6.35. The predicted molar refractivity (Wildman–Crippen MR) is 81.4 cm³/mol. The van der Waals surface area contributed by atoms with Gasteiger partial charge in [0.15, 0.2) is 0 Å². The highest BCUT2D eigenvalue weighted by molar-refractivity contribution is 9.10. The Morgan fingerprint density at radius 1 is 1.40 bits per heavy atom. The number of nitrogens with one attached hydrogen (secondary N) is 1. The fraction of sp³-hybridized carbons (Fsp3) is 0.538. The van der Waals surface area contributed by atoms with Crippen LogP contribution in [0.15, 0.2) is 27.6 Å². The molecule has 0 aliphatic carbocycles. The molecule has 2 N–H and O–H groups in total. The maximum absolute atomic E-state index is 12.5. The van der Waals surface area contributed by atoms with Gasteiger partial charge < -0.3 is 9.84 Å². The summed E-state index contributed by atoms with van der Waals surface area (Å²) < 4.78 is 33.5. The largest absolute Gasteiger partial charge is 0.492 e. The fourth-order valence-electron chi connectivity index (χ4n) is 1.56. The van der Waals surface area contributed by atoms with Crippen molar-refractivity contribution in [3.63, 3.8) is 0 Å². The summed E-state index contributed by atoms with van der Waals surface area (Å²) in [5, 5.41) is 9.36. The smallest absolute Gasteiger partial charge is 0.244 e. The summed E-state index contributed by atoms with van der Waals surface area (Å²) in [6.45, 7) is 5.34. The van der Waals surface area contributed by atoms with Crippen molar-refractivity contribution in [1.82, 2.24) is 4.72 Å². The van der Waals surface area contributed by atoms with E-state index in [1.54, 1.807) is 26.0 Å². The van der Waals surface area contributed by atoms with E-state index in [0.717, 1.165) is 0 Å². The molecule has 0 aliphatic heterocycles. The molecule has 1 rings (SSSR count). The molecule has 0 bridgehead atoms. The van der Waals surface area contributed by atoms with Crippen molar-refractivity contribution in [3.8, 4) is 5.75 Å². The maximum atomic E-state index is 12.5. The fourth-order valence-corrected chi connectivity index (χ4v) is 3.72. The topological polar surface area (TPSA) is 75.6 Å². The minimum absolute atomic E-state index is 0.0573. The molecule has 1 aromatic rings. The number of sulfonamides is 1. The molecule has 1 unspecified atom stereocenters. The number of halogens is 1. The number of aliphatic hydroxyl groups is 1. The molecule has 20 heavy (non-hydrogen) atoms. The van der Waals surface area contributed by atoms with Crippen LogP contribution < -0.4 is 9.46 Å². The van der Waals surface area contributed by atoms with Crippen molar-refractivity contribution in [2.75, 3.05) is 13.2 Å². The lowest BCUT2D eigenvalue weighted by Gasteiger charge is -2.27. The maximum Gasteiger partial charge on any atom is 0.244 e. The highest BCUT2D eigenvalue weighted by Crippen LogP contribution is 2.28. The van der Waals surface area contributed by atoms with E-state index in [9.17, 15) is 13.5 Å². The Morgan fingerprint density at radius 3 is 2.55 bits per heavy atom. The van der Waals surface area contributed by atoms with Crippen LogP contribution in [0.25, 0.3) is 0 Å². The second-order valence-corrected chi connectivity index (χ2v) is 7.27. The molecule has 0 saturated carbocycles. The van der Waals surface area contributed by atoms with Crippen molar-refractivity contribution >= 4 is 26.0 Å². The average molecular weight is 366 g/mol. The van der Waals surface area contributed by atoms with E-state index < -0.39 is 15.6 Å². The number of aliphatic hydroxyl groups excluding tert-OH is 1. The van der Waals surface area contributed by atoms with Crippen LogP contribution in [0, 0.1) is 0 Å². The van der Waals surface area contributed by atoms with Gasteiger partial charge in [-0.15, -0.1) is 0 Å². The summed E-state index contributed by atoms with van der Waals surface area (Å²) in [6.07, 6.45) is 0.473. The van der Waals surface area contributed by atoms with E-state index >= 15 is 0 Å². The van der Waals surface area contributed by atoms with Crippen LogP contribution >= 0.6 is 15.9 Å². The summed E-state index contributed by atoms with van der Waals surface area (Å²) >= 11 is 3.26. The van der Waals surface area contributed by atoms with Gasteiger partial charge in [-0.2, -0.15) is 0 Å². The second kappa shape index (κ2) is 6.89. The first-order chi connectivity index (χ1) is 9.28. The zero-order valence-electron chi connectivity index (χ0n) is 11.8. The molecule has 0 saturated heterocycles. The van der Waals surface area contributed by atoms with Gasteiger partial charge in [-0.25, -0.2) is 13.1 Å². The van der Waals surface area contributed by atoms with Gasteiger partial charge >= 0.3 is 0 Å². The van der Waals surface area contributed by atoms with Crippen LogP contribution in [-0.2, 0) is 10.0 Å². The van der Waals surface area contributed by atoms with Gasteiger partial charge in [-0.1, -0.05) is 22.9 Å². The molecule has 5 nitrogen and oxygen atoms in total. The number of rotatable bonds is 7. The van der Waals surface area contributed by atoms with E-state index in [2.05, 4.69) is 20.7 Å². The first kappa shape index (κ1) is 17.4. The average Bonchev–Trinajstić information content (AvgIpc) is 2.40. The molecule has 1 aromatic carbocycles. The Balaban J connectivity index is 3.24. The van der Waals surface area contributed by atoms with Crippen molar-refractivity contribution < 1.29 is 18.3 Å². The molecule has 1 atom stereocenters. The summed E-state index contributed by atoms with van der Waals surface area (Å²) in [7, 11) is -3.78. The molecule has 7 heteroatoms. The van der Waals surface area contributed by atoms with E-state index in [-0.39, 0.29) is 11.5 Å². The molecule has 0 amide bonds. The summed E-state index contributed by atoms with van der Waals surface area (Å²) in [6, 6.07) is 4.81. The third kappa shape index (κ3) is 4.18. The second-order valence-electron chi connectivity index (χ2n) is 4.70. The third-order valence-corrected chi connectivity index (χ3v) is 5.16. The molecular weight excluding hydrogens is 346 g/mol. The zero-order valence-corrected chi connectivity index (χ0v) is 14.2. The van der Waals surface area contributed by atoms with Crippen LogP contribution in [-0.4, -0.2) is 32.3 Å². The lowest BCUT2D eigenvalue weighted by atomic mass is 10.0. The summed E-state index contributed by atoms with van der Waals surface area (Å²) in [5.74, 6) is 0.291. The van der Waals surface area contributed by atoms with Crippen LogP contribution in [0.2, 0.25) is 0 Å². The monoisotopic (exact) mass is 365 g/mol. The lowest BCUT2D eigenvalue weighted by molar-refractivity contribution is 0.191. The molecule has 0 fully saturated rings. The molecule has 0 radical (unpaired) electrons. The molecule has 0 aromatic heterocycles. The number of benzene rings is 1. The standard InChI is InChI=1S/C13H20BrNO4S/c1-4-13(3,9-16)15-20(17,18)12-8-10(14)6-7-11(12)19-5-2/h6-8,15-16H,4-5,9H2,1-3H3. The highest BCUT2D eigenvalue weighted by Gasteiger charge is 2.30. The first-order valence-corrected chi connectivity index (χ1v) is 8.63. The number of hydrogen-bond acceptors (Lipinski definition) is 4. The molecule has 114 valence electrons. The van der Waals surface area contributed by atoms with Crippen LogP contribution in [0.4, 0.5) is 0 Å². The SMILES string of the molecule is CCOc1ccc(Br)cc1S(=O)(=O)NC(C)(CC)CO. The van der Waals surface area contributed by atoms with Crippen molar-refractivity contribution in [2.24, 2.45) is 0 Å². The highest BCUT2D eigenvalue weighted by atomic mass is 79.9. The van der Waals surface area contributed by atoms with E-state index in [1.165, 1.54) is 6.07 Å². The molecule has 0 heterocycles. The Kier molecular flexibility index (Phi) is 6.00. The Labute approximate surface area is 128 Å². The Hall–Kier alpha value is -0.630. The molecule has 0 spiro atoms. The van der Waals surface area contributed by atoms with Gasteiger partial charge in [-0.3, -0.25) is 0 Å². The zero-order chi connectivity index (χ0) is 15.4. The van der Waals surface area contributed by atoms with Gasteiger partial charge in [0, 0.05) is 4.47 Å². The van der Waals surface area contributed by atoms with Crippen LogP contribution in [0.1, 0.15) is 27.2 Å². The number of hydrogen-bond donors (Lipinski definition) is 2. The van der Waals surface area contributed by atoms with Crippen molar-refractivity contribution in [3.05, 3.63) is 22.7 Å². The normalized spacial score (nSPS) is 14.8. The van der Waals surface area contributed by atoms with E-state index in [4.69, 9.17) is 4.74 Å². The van der Waals surface area contributed by atoms with Crippen molar-refractivity contribution in [1.29, 1.82) is 0 Å². The molecule has 0 aliphatic rings. The summed E-state index contributed by atoms with van der Waals surface area (Å²) in [4.78, 5) is 0.0573. The number of ether oxygens (including phenoxy) is 1. The Bertz CT molecular complexity index is 555. The minimum Gasteiger partial charge on any atom is -0.492 e. The van der Waals surface area contributed by atoms with Gasteiger partial charge in [0.1, 0.15) is 10.6 Å². The third-order valence-electron chi connectivity index (χ3n) is 3.01. The van der Waals surface area contributed by atoms with Gasteiger partial charge in [0.2, 0.25) is 10.0 Å². The van der Waals surface area contributed by atoms with Crippen LogP contribution in [0.5, 0.6) is 5.75 Å². The van der Waals surface area contributed by atoms with E-state index in [1.807, 2.05) is 6.92 Å². The minimum atomic E-state index is -3.78. The van der Waals surface area contributed by atoms with Crippen LogP contribution in [0.3, 0.4) is 0 Å². The van der Waals surface area contributed by atoms with Gasteiger partial charge in [-0.05, 0) is 38.5 Å².